The standard InChI is InChI=1S/C11H10F5NO2/c1-3(2)9(17)11(18)19-10-7(15)5(13)4(12)6(14)8(10)16/h3,9H,17H2,1-2H3. The third-order valence-electron chi connectivity index (χ3n) is 2.36. The second kappa shape index (κ2) is 5.52. The number of hydrogen-bond donors (Lipinski definition) is 1. The molecule has 2 N–H and O–H groups in total. The molecular formula is C11H10F5NO2. The molecule has 1 unspecified atom stereocenters. The molecule has 3 nitrogen and oxygen atoms in total. The van der Waals surface area contributed by atoms with Gasteiger partial charge in [-0.25, -0.2) is 18.0 Å². The SMILES string of the molecule is CC(C)C(N)C(=O)Oc1c(F)c(F)c(F)c(F)c1F. The van der Waals surface area contributed by atoms with E-state index in [2.05, 4.69) is 4.74 Å². The van der Waals surface area contributed by atoms with Gasteiger partial charge in [0, 0.05) is 0 Å². The van der Waals surface area contributed by atoms with Gasteiger partial charge in [0.25, 0.3) is 0 Å². The fraction of sp³-hybridized carbons (Fsp3) is 0.364. The summed E-state index contributed by atoms with van der Waals surface area (Å²) in [4.78, 5) is 11.3. The highest BCUT2D eigenvalue weighted by Gasteiger charge is 2.30. The Hall–Kier alpha value is -1.70. The Labute approximate surface area is 105 Å². The summed E-state index contributed by atoms with van der Waals surface area (Å²) < 4.78 is 68.9. The summed E-state index contributed by atoms with van der Waals surface area (Å²) in [6, 6.07) is -1.25. The van der Waals surface area contributed by atoms with E-state index in [0.717, 1.165) is 0 Å². The van der Waals surface area contributed by atoms with Crippen LogP contribution in [0.15, 0.2) is 0 Å². The number of nitrogens with two attached hydrogens (primary N) is 1. The molecule has 0 amide bonds. The van der Waals surface area contributed by atoms with E-state index in [0.29, 0.717) is 0 Å². The van der Waals surface area contributed by atoms with Crippen LogP contribution in [0.25, 0.3) is 0 Å². The van der Waals surface area contributed by atoms with E-state index >= 15 is 0 Å². The number of carbonyl (C=O) groups excluding carboxylic acids is 1. The van der Waals surface area contributed by atoms with E-state index in [4.69, 9.17) is 5.73 Å². The first-order valence-corrected chi connectivity index (χ1v) is 5.17. The van der Waals surface area contributed by atoms with Crippen LogP contribution in [0.5, 0.6) is 5.75 Å². The highest BCUT2D eigenvalue weighted by Crippen LogP contribution is 2.29. The van der Waals surface area contributed by atoms with Crippen molar-refractivity contribution in [1.29, 1.82) is 0 Å². The molecule has 0 bridgehead atoms. The summed E-state index contributed by atoms with van der Waals surface area (Å²) in [7, 11) is 0. The van der Waals surface area contributed by atoms with Gasteiger partial charge in [-0.1, -0.05) is 13.8 Å². The van der Waals surface area contributed by atoms with Crippen molar-refractivity contribution < 1.29 is 31.5 Å². The zero-order valence-electron chi connectivity index (χ0n) is 9.94. The fourth-order valence-corrected chi connectivity index (χ4v) is 1.12. The average molecular weight is 283 g/mol. The summed E-state index contributed by atoms with van der Waals surface area (Å²) in [5.41, 5.74) is 5.33. The van der Waals surface area contributed by atoms with Crippen molar-refractivity contribution in [1.82, 2.24) is 0 Å². The Morgan fingerprint density at radius 1 is 0.947 bits per heavy atom. The lowest BCUT2D eigenvalue weighted by Crippen LogP contribution is -2.39. The quantitative estimate of drug-likeness (QED) is 0.304. The molecule has 0 aliphatic heterocycles. The lowest BCUT2D eigenvalue weighted by Gasteiger charge is -2.15. The molecule has 0 saturated heterocycles. The minimum Gasteiger partial charge on any atom is -0.419 e. The van der Waals surface area contributed by atoms with Gasteiger partial charge in [0.1, 0.15) is 6.04 Å². The van der Waals surface area contributed by atoms with Crippen LogP contribution in [0.2, 0.25) is 0 Å². The van der Waals surface area contributed by atoms with E-state index in [-0.39, 0.29) is 0 Å². The molecule has 8 heteroatoms. The molecule has 106 valence electrons. The topological polar surface area (TPSA) is 52.3 Å². The van der Waals surface area contributed by atoms with Gasteiger partial charge < -0.3 is 10.5 Å². The number of esters is 1. The number of ether oxygens (including phenoxy) is 1. The maximum Gasteiger partial charge on any atom is 0.328 e. The Bertz CT molecular complexity index is 489. The maximum atomic E-state index is 13.2. The maximum absolute atomic E-state index is 13.2. The molecule has 0 spiro atoms. The molecule has 1 atom stereocenters. The van der Waals surface area contributed by atoms with E-state index in [9.17, 15) is 26.7 Å². The van der Waals surface area contributed by atoms with Gasteiger partial charge in [-0.05, 0) is 5.92 Å². The van der Waals surface area contributed by atoms with E-state index in [1.807, 2.05) is 0 Å². The first-order valence-electron chi connectivity index (χ1n) is 5.17. The van der Waals surface area contributed by atoms with Gasteiger partial charge >= 0.3 is 5.97 Å². The molecule has 1 rings (SSSR count). The second-order valence-electron chi connectivity index (χ2n) is 4.09. The van der Waals surface area contributed by atoms with E-state index < -0.39 is 52.8 Å². The van der Waals surface area contributed by atoms with E-state index in [1.54, 1.807) is 0 Å². The molecule has 1 aromatic rings. The Morgan fingerprint density at radius 3 is 1.68 bits per heavy atom. The minimum absolute atomic E-state index is 0.436. The van der Waals surface area contributed by atoms with Crippen molar-refractivity contribution in [3.63, 3.8) is 0 Å². The van der Waals surface area contributed by atoms with Crippen molar-refractivity contribution >= 4 is 5.97 Å². The Kier molecular flexibility index (Phi) is 4.46. The molecule has 0 aliphatic carbocycles. The van der Waals surface area contributed by atoms with Crippen LogP contribution >= 0.6 is 0 Å². The molecule has 1 aromatic carbocycles. The van der Waals surface area contributed by atoms with Gasteiger partial charge in [-0.15, -0.1) is 0 Å². The molecule has 0 aromatic heterocycles. The summed E-state index contributed by atoms with van der Waals surface area (Å²) in [5.74, 6) is -14.5. The van der Waals surface area contributed by atoms with Crippen LogP contribution < -0.4 is 10.5 Å². The van der Waals surface area contributed by atoms with E-state index in [1.165, 1.54) is 13.8 Å². The molecule has 0 aliphatic rings. The summed E-state index contributed by atoms with van der Waals surface area (Å²) >= 11 is 0. The van der Waals surface area contributed by atoms with Crippen molar-refractivity contribution in [2.75, 3.05) is 0 Å². The van der Waals surface area contributed by atoms with Gasteiger partial charge in [0.15, 0.2) is 0 Å². The predicted octanol–water partition coefficient (Wildman–Crippen LogP) is 2.27. The predicted molar refractivity (Wildman–Crippen MR) is 54.7 cm³/mol. The van der Waals surface area contributed by atoms with Crippen LogP contribution in [-0.4, -0.2) is 12.0 Å². The number of halogens is 5. The molecule has 0 heterocycles. The molecule has 0 fully saturated rings. The second-order valence-corrected chi connectivity index (χ2v) is 4.09. The zero-order valence-corrected chi connectivity index (χ0v) is 9.94. The van der Waals surface area contributed by atoms with Crippen molar-refractivity contribution in [3.8, 4) is 5.75 Å². The van der Waals surface area contributed by atoms with Gasteiger partial charge in [-0.3, -0.25) is 0 Å². The minimum atomic E-state index is -2.33. The lowest BCUT2D eigenvalue weighted by molar-refractivity contribution is -0.137. The van der Waals surface area contributed by atoms with Crippen LogP contribution in [0.4, 0.5) is 22.0 Å². The Morgan fingerprint density at radius 2 is 1.32 bits per heavy atom. The molecule has 0 radical (unpaired) electrons. The summed E-state index contributed by atoms with van der Waals surface area (Å²) in [6.07, 6.45) is 0. The first kappa shape index (κ1) is 15.4. The normalized spacial score (nSPS) is 12.7. The van der Waals surface area contributed by atoms with Crippen LogP contribution in [0.3, 0.4) is 0 Å². The monoisotopic (exact) mass is 283 g/mol. The number of carbonyl (C=O) groups is 1. The van der Waals surface area contributed by atoms with Crippen molar-refractivity contribution in [3.05, 3.63) is 29.1 Å². The van der Waals surface area contributed by atoms with Gasteiger partial charge in [-0.2, -0.15) is 8.78 Å². The first-order chi connectivity index (χ1) is 8.68. The summed E-state index contributed by atoms with van der Waals surface area (Å²) in [6.45, 7) is 3.04. The highest BCUT2D eigenvalue weighted by atomic mass is 19.2. The number of benzene rings is 1. The molecule has 0 saturated carbocycles. The highest BCUT2D eigenvalue weighted by molar-refractivity contribution is 5.78. The molecular weight excluding hydrogens is 273 g/mol. The fourth-order valence-electron chi connectivity index (χ4n) is 1.12. The Balaban J connectivity index is 3.19. The van der Waals surface area contributed by atoms with Crippen LogP contribution in [-0.2, 0) is 4.79 Å². The van der Waals surface area contributed by atoms with Gasteiger partial charge in [0.05, 0.1) is 0 Å². The smallest absolute Gasteiger partial charge is 0.328 e. The van der Waals surface area contributed by atoms with Gasteiger partial charge in [0.2, 0.25) is 34.8 Å². The number of hydrogen-bond acceptors (Lipinski definition) is 3. The zero-order chi connectivity index (χ0) is 14.9. The largest absolute Gasteiger partial charge is 0.419 e. The van der Waals surface area contributed by atoms with Crippen molar-refractivity contribution in [2.45, 2.75) is 19.9 Å². The number of rotatable bonds is 3. The van der Waals surface area contributed by atoms with Crippen molar-refractivity contribution in [2.24, 2.45) is 11.7 Å². The average Bonchev–Trinajstić information content (AvgIpc) is 2.37. The molecule has 19 heavy (non-hydrogen) atoms. The third kappa shape index (κ3) is 2.83. The van der Waals surface area contributed by atoms with Crippen LogP contribution in [0, 0.1) is 35.0 Å². The summed E-state index contributed by atoms with van der Waals surface area (Å²) in [5, 5.41) is 0. The van der Waals surface area contributed by atoms with Crippen LogP contribution in [0.1, 0.15) is 13.8 Å². The lowest BCUT2D eigenvalue weighted by atomic mass is 10.1. The third-order valence-corrected chi connectivity index (χ3v) is 2.36.